The van der Waals surface area contributed by atoms with Gasteiger partial charge in [0.2, 0.25) is 5.95 Å². The number of halogens is 1. The van der Waals surface area contributed by atoms with E-state index in [1.54, 1.807) is 0 Å². The lowest BCUT2D eigenvalue weighted by atomic mass is 9.76. The van der Waals surface area contributed by atoms with Gasteiger partial charge >= 0.3 is 0 Å². The van der Waals surface area contributed by atoms with Crippen molar-refractivity contribution in [3.63, 3.8) is 0 Å². The summed E-state index contributed by atoms with van der Waals surface area (Å²) in [7, 11) is 0. The van der Waals surface area contributed by atoms with E-state index >= 15 is 0 Å². The number of anilines is 1. The summed E-state index contributed by atoms with van der Waals surface area (Å²) in [5.74, 6) is 0.710. The number of piperidine rings is 1. The van der Waals surface area contributed by atoms with Gasteiger partial charge in [0.05, 0.1) is 18.9 Å². The Hall–Kier alpha value is -2.42. The molecule has 172 valence electrons. The van der Waals surface area contributed by atoms with Gasteiger partial charge < -0.3 is 20.3 Å². The van der Waals surface area contributed by atoms with Crippen molar-refractivity contribution in [2.45, 2.75) is 37.6 Å². The van der Waals surface area contributed by atoms with Gasteiger partial charge in [-0.25, -0.2) is 4.98 Å². The van der Waals surface area contributed by atoms with Gasteiger partial charge in [0.25, 0.3) is 11.5 Å². The monoisotopic (exact) mass is 459 g/mol. The lowest BCUT2D eigenvalue weighted by molar-refractivity contribution is 0.0663. The summed E-state index contributed by atoms with van der Waals surface area (Å²) in [6.45, 7) is 4.53. The first-order valence-corrected chi connectivity index (χ1v) is 11.1. The number of nitrogens with one attached hydrogen (secondary N) is 1. The Bertz CT molecular complexity index is 1040. The van der Waals surface area contributed by atoms with Gasteiger partial charge in [-0.1, -0.05) is 12.1 Å². The van der Waals surface area contributed by atoms with Crippen molar-refractivity contribution in [3.05, 3.63) is 57.0 Å². The number of morpholine rings is 1. The molecule has 8 nitrogen and oxygen atoms in total. The smallest absolute Gasteiger partial charge is 0.255 e. The number of carbonyl (C=O) groups is 1. The van der Waals surface area contributed by atoms with Gasteiger partial charge in [-0.15, -0.1) is 12.4 Å². The Balaban J connectivity index is 0.00000245. The van der Waals surface area contributed by atoms with E-state index in [1.165, 1.54) is 0 Å². The Morgan fingerprint density at radius 3 is 2.62 bits per heavy atom. The molecule has 1 aromatic carbocycles. The molecule has 3 N–H and O–H groups in total. The Labute approximate surface area is 193 Å². The molecule has 2 saturated heterocycles. The zero-order valence-electron chi connectivity index (χ0n) is 18.1. The Morgan fingerprint density at radius 2 is 1.91 bits per heavy atom. The summed E-state index contributed by atoms with van der Waals surface area (Å²) in [5, 5.41) is 0. The van der Waals surface area contributed by atoms with E-state index in [1.807, 2.05) is 29.2 Å². The molecule has 2 aliphatic heterocycles. The normalized spacial score (nSPS) is 19.5. The number of carbonyl (C=O) groups excluding carboxylic acids is 1. The molecule has 1 spiro atoms. The van der Waals surface area contributed by atoms with Crippen molar-refractivity contribution < 1.29 is 9.53 Å². The number of rotatable bonds is 3. The molecule has 0 unspecified atom stereocenters. The van der Waals surface area contributed by atoms with Crippen molar-refractivity contribution in [3.8, 4) is 0 Å². The minimum Gasteiger partial charge on any atom is -0.378 e. The molecule has 1 aliphatic carbocycles. The highest BCUT2D eigenvalue weighted by atomic mass is 35.5. The Morgan fingerprint density at radius 1 is 1.16 bits per heavy atom. The van der Waals surface area contributed by atoms with E-state index in [0.29, 0.717) is 44.4 Å². The van der Waals surface area contributed by atoms with Crippen LogP contribution in [0.15, 0.2) is 29.1 Å². The van der Waals surface area contributed by atoms with Crippen molar-refractivity contribution in [1.82, 2.24) is 14.9 Å². The number of aromatic nitrogens is 2. The first-order chi connectivity index (χ1) is 15.1. The molecular weight excluding hydrogens is 430 g/mol. The fraction of sp³-hybridized carbons (Fsp3) is 0.522. The van der Waals surface area contributed by atoms with Crippen LogP contribution in [0.4, 0.5) is 5.95 Å². The van der Waals surface area contributed by atoms with Crippen LogP contribution in [-0.2, 0) is 23.1 Å². The Kier molecular flexibility index (Phi) is 6.55. The van der Waals surface area contributed by atoms with Crippen LogP contribution in [0.5, 0.6) is 0 Å². The predicted molar refractivity (Wildman–Crippen MR) is 125 cm³/mol. The maximum atomic E-state index is 13.0. The van der Waals surface area contributed by atoms with Gasteiger partial charge in [-0.3, -0.25) is 14.6 Å². The second-order valence-corrected chi connectivity index (χ2v) is 8.79. The van der Waals surface area contributed by atoms with E-state index in [0.717, 1.165) is 55.6 Å². The lowest BCUT2D eigenvalue weighted by Crippen LogP contribution is -2.45. The van der Waals surface area contributed by atoms with Crippen LogP contribution in [0.1, 0.15) is 46.4 Å². The van der Waals surface area contributed by atoms with E-state index in [9.17, 15) is 9.59 Å². The highest BCUT2D eigenvalue weighted by Crippen LogP contribution is 2.44. The standard InChI is InChI=1S/C23H29N5O3.ClH/c24-15-16-2-1-3-17(14-16)21(30)27-8-6-23(7-9-27)5-4-18-19(23)25-22(26-20(18)29)28-10-12-31-13-11-28;/h1-3,14H,4-13,15,24H2,(H,25,26,29);1H. The van der Waals surface area contributed by atoms with Crippen LogP contribution in [0.25, 0.3) is 0 Å². The maximum absolute atomic E-state index is 13.0. The van der Waals surface area contributed by atoms with Crippen LogP contribution >= 0.6 is 12.4 Å². The number of H-pyrrole nitrogens is 1. The van der Waals surface area contributed by atoms with Gasteiger partial charge in [0.1, 0.15) is 0 Å². The van der Waals surface area contributed by atoms with Crippen molar-refractivity contribution >= 4 is 24.3 Å². The van der Waals surface area contributed by atoms with Crippen LogP contribution in [0.2, 0.25) is 0 Å². The molecule has 9 heteroatoms. The molecule has 32 heavy (non-hydrogen) atoms. The predicted octanol–water partition coefficient (Wildman–Crippen LogP) is 1.61. The van der Waals surface area contributed by atoms with E-state index < -0.39 is 0 Å². The minimum absolute atomic E-state index is 0. The number of ether oxygens (including phenoxy) is 1. The second-order valence-electron chi connectivity index (χ2n) is 8.79. The van der Waals surface area contributed by atoms with Crippen LogP contribution in [0.3, 0.4) is 0 Å². The first kappa shape index (κ1) is 22.8. The van der Waals surface area contributed by atoms with E-state index in [4.69, 9.17) is 15.5 Å². The molecule has 0 atom stereocenters. The third-order valence-corrected chi connectivity index (χ3v) is 7.09. The number of hydrogen-bond acceptors (Lipinski definition) is 6. The summed E-state index contributed by atoms with van der Waals surface area (Å²) in [6.07, 6.45) is 3.35. The molecule has 0 radical (unpaired) electrons. The number of fused-ring (bicyclic) bond motifs is 2. The number of hydrogen-bond donors (Lipinski definition) is 2. The lowest BCUT2D eigenvalue weighted by Gasteiger charge is -2.39. The second kappa shape index (κ2) is 9.21. The van der Waals surface area contributed by atoms with Crippen LogP contribution < -0.4 is 16.2 Å². The highest BCUT2D eigenvalue weighted by Gasteiger charge is 2.45. The average molecular weight is 460 g/mol. The fourth-order valence-electron chi connectivity index (χ4n) is 5.20. The van der Waals surface area contributed by atoms with E-state index in [-0.39, 0.29) is 29.3 Å². The third kappa shape index (κ3) is 4.02. The summed E-state index contributed by atoms with van der Waals surface area (Å²) < 4.78 is 5.43. The molecule has 1 amide bonds. The number of nitrogens with two attached hydrogens (primary N) is 1. The van der Waals surface area contributed by atoms with E-state index in [2.05, 4.69) is 9.88 Å². The topological polar surface area (TPSA) is 105 Å². The zero-order chi connectivity index (χ0) is 21.4. The average Bonchev–Trinajstić information content (AvgIpc) is 3.18. The summed E-state index contributed by atoms with van der Waals surface area (Å²) in [5.41, 5.74) is 9.04. The van der Waals surface area contributed by atoms with Crippen LogP contribution in [0, 0.1) is 0 Å². The quantitative estimate of drug-likeness (QED) is 0.722. The van der Waals surface area contributed by atoms with Gasteiger partial charge in [0.15, 0.2) is 0 Å². The highest BCUT2D eigenvalue weighted by molar-refractivity contribution is 5.94. The number of nitrogens with zero attached hydrogens (tertiary/aromatic N) is 3. The van der Waals surface area contributed by atoms with Crippen molar-refractivity contribution in [2.24, 2.45) is 5.73 Å². The molecule has 5 rings (SSSR count). The molecule has 0 saturated carbocycles. The number of amides is 1. The van der Waals surface area contributed by atoms with Crippen molar-refractivity contribution in [1.29, 1.82) is 0 Å². The SMILES string of the molecule is Cl.NCc1cccc(C(=O)N2CCC3(CCc4c3nc(N3CCOCC3)[nH]c4=O)CC2)c1. The molecule has 2 aromatic rings. The molecule has 3 aliphatic rings. The maximum Gasteiger partial charge on any atom is 0.255 e. The summed E-state index contributed by atoms with van der Waals surface area (Å²) in [6, 6.07) is 7.56. The molecule has 2 fully saturated rings. The van der Waals surface area contributed by atoms with Crippen LogP contribution in [-0.4, -0.2) is 60.2 Å². The first-order valence-electron chi connectivity index (χ1n) is 11.1. The van der Waals surface area contributed by atoms with Gasteiger partial charge in [0, 0.05) is 49.3 Å². The third-order valence-electron chi connectivity index (χ3n) is 7.09. The van der Waals surface area contributed by atoms with Gasteiger partial charge in [-0.2, -0.15) is 0 Å². The molecule has 3 heterocycles. The number of likely N-dealkylation sites (tertiary alicyclic amines) is 1. The van der Waals surface area contributed by atoms with Crippen molar-refractivity contribution in [2.75, 3.05) is 44.3 Å². The minimum atomic E-state index is -0.111. The molecule has 1 aromatic heterocycles. The largest absolute Gasteiger partial charge is 0.378 e. The molecule has 0 bridgehead atoms. The molecular formula is C23H30ClN5O3. The zero-order valence-corrected chi connectivity index (χ0v) is 19.0. The number of aromatic amines is 1. The van der Waals surface area contributed by atoms with Gasteiger partial charge in [-0.05, 0) is 43.4 Å². The number of benzene rings is 1. The summed E-state index contributed by atoms with van der Waals surface area (Å²) in [4.78, 5) is 37.8. The fourth-order valence-corrected chi connectivity index (χ4v) is 5.20. The summed E-state index contributed by atoms with van der Waals surface area (Å²) >= 11 is 0.